The zero-order valence-corrected chi connectivity index (χ0v) is 19.3. The van der Waals surface area contributed by atoms with Gasteiger partial charge in [0.05, 0.1) is 23.6 Å². The fraction of sp³-hybridized carbons (Fsp3) is 0.600. The molecule has 172 valence electrons. The van der Waals surface area contributed by atoms with E-state index in [0.29, 0.717) is 51.4 Å². The van der Waals surface area contributed by atoms with Crippen molar-refractivity contribution in [2.75, 3.05) is 53.0 Å². The molecule has 11 heteroatoms. The summed E-state index contributed by atoms with van der Waals surface area (Å²) in [6.07, 6.45) is 0.562. The predicted molar refractivity (Wildman–Crippen MR) is 115 cm³/mol. The van der Waals surface area contributed by atoms with Gasteiger partial charge in [-0.25, -0.2) is 13.2 Å². The van der Waals surface area contributed by atoms with Crippen molar-refractivity contribution in [3.05, 3.63) is 23.2 Å². The molecule has 2 amide bonds. The summed E-state index contributed by atoms with van der Waals surface area (Å²) in [7, 11) is -2.23. The maximum atomic E-state index is 13.0. The van der Waals surface area contributed by atoms with Crippen LogP contribution in [0.25, 0.3) is 0 Å². The number of ether oxygens (including phenoxy) is 2. The lowest BCUT2D eigenvalue weighted by atomic mass is 9.96. The zero-order chi connectivity index (χ0) is 22.6. The van der Waals surface area contributed by atoms with Crippen LogP contribution in [-0.4, -0.2) is 87.5 Å². The number of nitrogens with zero attached hydrogens (tertiary/aromatic N) is 3. The summed E-state index contributed by atoms with van der Waals surface area (Å²) < 4.78 is 37.4. The molecule has 3 rings (SSSR count). The number of piperazine rings is 1. The van der Waals surface area contributed by atoms with Crippen molar-refractivity contribution >= 4 is 33.6 Å². The number of hydrogen-bond donors (Lipinski definition) is 0. The number of sulfonamides is 1. The van der Waals surface area contributed by atoms with Gasteiger partial charge in [0.1, 0.15) is 5.75 Å². The van der Waals surface area contributed by atoms with E-state index < -0.39 is 10.0 Å². The molecule has 0 aliphatic carbocycles. The van der Waals surface area contributed by atoms with Crippen LogP contribution in [0.5, 0.6) is 5.75 Å². The third-order valence-corrected chi connectivity index (χ3v) is 7.87. The smallest absolute Gasteiger partial charge is 0.409 e. The minimum Gasteiger partial charge on any atom is -0.495 e. The maximum Gasteiger partial charge on any atom is 0.409 e. The van der Waals surface area contributed by atoms with Gasteiger partial charge < -0.3 is 19.3 Å². The van der Waals surface area contributed by atoms with Crippen LogP contribution < -0.4 is 4.74 Å². The average Bonchev–Trinajstić information content (AvgIpc) is 2.79. The monoisotopic (exact) mass is 473 g/mol. The van der Waals surface area contributed by atoms with Gasteiger partial charge in [-0.2, -0.15) is 4.31 Å². The first-order chi connectivity index (χ1) is 14.8. The Morgan fingerprint density at radius 1 is 1.06 bits per heavy atom. The lowest BCUT2D eigenvalue weighted by Crippen LogP contribution is -2.53. The third kappa shape index (κ3) is 5.24. The van der Waals surface area contributed by atoms with Gasteiger partial charge in [0.2, 0.25) is 15.9 Å². The van der Waals surface area contributed by atoms with Gasteiger partial charge in [-0.1, -0.05) is 11.6 Å². The maximum absolute atomic E-state index is 13.0. The van der Waals surface area contributed by atoms with Crippen molar-refractivity contribution in [1.29, 1.82) is 0 Å². The summed E-state index contributed by atoms with van der Waals surface area (Å²) in [5.74, 6) is 0.209. The van der Waals surface area contributed by atoms with E-state index in [1.165, 1.54) is 29.6 Å². The Bertz CT molecular complexity index is 909. The minimum absolute atomic E-state index is 0.0213. The van der Waals surface area contributed by atoms with Gasteiger partial charge in [0.15, 0.2) is 0 Å². The highest BCUT2D eigenvalue weighted by atomic mass is 35.5. The van der Waals surface area contributed by atoms with Crippen molar-refractivity contribution in [2.24, 2.45) is 5.92 Å². The van der Waals surface area contributed by atoms with Gasteiger partial charge in [-0.15, -0.1) is 0 Å². The Kier molecular flexibility index (Phi) is 7.66. The molecule has 0 aromatic heterocycles. The van der Waals surface area contributed by atoms with Gasteiger partial charge in [0, 0.05) is 45.2 Å². The molecule has 2 aliphatic heterocycles. The molecule has 1 aromatic rings. The fourth-order valence-corrected chi connectivity index (χ4v) is 5.70. The van der Waals surface area contributed by atoms with E-state index in [-0.39, 0.29) is 40.9 Å². The van der Waals surface area contributed by atoms with Crippen molar-refractivity contribution in [3.63, 3.8) is 0 Å². The second kappa shape index (κ2) is 10.1. The first kappa shape index (κ1) is 23.6. The van der Waals surface area contributed by atoms with Crippen LogP contribution in [-0.2, 0) is 19.6 Å². The van der Waals surface area contributed by atoms with Gasteiger partial charge >= 0.3 is 6.09 Å². The zero-order valence-electron chi connectivity index (χ0n) is 17.8. The van der Waals surface area contributed by atoms with Gasteiger partial charge in [0.25, 0.3) is 0 Å². The lowest BCUT2D eigenvalue weighted by molar-refractivity contribution is -0.138. The second-order valence-corrected chi connectivity index (χ2v) is 9.83. The number of halogens is 1. The Balaban J connectivity index is 1.55. The first-order valence-electron chi connectivity index (χ1n) is 10.3. The van der Waals surface area contributed by atoms with Crippen molar-refractivity contribution in [2.45, 2.75) is 24.7 Å². The van der Waals surface area contributed by atoms with Crippen LogP contribution in [0.3, 0.4) is 0 Å². The predicted octanol–water partition coefficient (Wildman–Crippen LogP) is 2.05. The average molecular weight is 474 g/mol. The van der Waals surface area contributed by atoms with E-state index in [9.17, 15) is 18.0 Å². The Morgan fingerprint density at radius 3 is 2.23 bits per heavy atom. The number of benzene rings is 1. The van der Waals surface area contributed by atoms with E-state index in [2.05, 4.69) is 0 Å². The molecule has 2 fully saturated rings. The number of hydrogen-bond acceptors (Lipinski definition) is 6. The van der Waals surface area contributed by atoms with Crippen LogP contribution >= 0.6 is 11.6 Å². The number of carbonyl (C=O) groups is 2. The van der Waals surface area contributed by atoms with Gasteiger partial charge in [-0.3, -0.25) is 4.79 Å². The topological polar surface area (TPSA) is 96.5 Å². The highest BCUT2D eigenvalue weighted by molar-refractivity contribution is 7.89. The normalized spacial score (nSPS) is 18.7. The van der Waals surface area contributed by atoms with E-state index >= 15 is 0 Å². The number of methoxy groups -OCH3 is 1. The molecule has 0 unspecified atom stereocenters. The molecule has 9 nitrogen and oxygen atoms in total. The van der Waals surface area contributed by atoms with E-state index in [1.807, 2.05) is 0 Å². The number of amides is 2. The largest absolute Gasteiger partial charge is 0.495 e. The third-order valence-electron chi connectivity index (χ3n) is 5.68. The van der Waals surface area contributed by atoms with Crippen LogP contribution in [0, 0.1) is 5.92 Å². The van der Waals surface area contributed by atoms with Crippen LogP contribution in [0.15, 0.2) is 23.1 Å². The Labute approximate surface area is 187 Å². The van der Waals surface area contributed by atoms with Crippen LogP contribution in [0.2, 0.25) is 5.02 Å². The highest BCUT2D eigenvalue weighted by Crippen LogP contribution is 2.30. The highest BCUT2D eigenvalue weighted by Gasteiger charge is 2.35. The summed E-state index contributed by atoms with van der Waals surface area (Å²) in [4.78, 5) is 28.2. The number of piperidine rings is 1. The molecule has 0 atom stereocenters. The van der Waals surface area contributed by atoms with E-state index in [1.54, 1.807) is 16.7 Å². The molecule has 2 heterocycles. The molecule has 2 saturated heterocycles. The number of rotatable bonds is 5. The molecule has 0 saturated carbocycles. The number of carbonyl (C=O) groups excluding carboxylic acids is 2. The van der Waals surface area contributed by atoms with E-state index in [4.69, 9.17) is 21.1 Å². The first-order valence-corrected chi connectivity index (χ1v) is 12.1. The Morgan fingerprint density at radius 2 is 1.68 bits per heavy atom. The molecule has 31 heavy (non-hydrogen) atoms. The standard InChI is InChI=1S/C20H28ClN3O6S/c1-3-30-20(26)23-12-10-22(11-13-23)19(25)15-6-8-24(9-7-15)31(27,28)16-4-5-18(29-2)17(21)14-16/h4-5,14-15H,3,6-13H2,1-2H3. The molecular formula is C20H28ClN3O6S. The molecular weight excluding hydrogens is 446 g/mol. The summed E-state index contributed by atoms with van der Waals surface area (Å²) in [5.41, 5.74) is 0. The molecule has 0 bridgehead atoms. The van der Waals surface area contributed by atoms with Gasteiger partial charge in [-0.05, 0) is 38.0 Å². The summed E-state index contributed by atoms with van der Waals surface area (Å²) >= 11 is 6.08. The molecule has 0 N–H and O–H groups in total. The minimum atomic E-state index is -3.70. The Hall–Kier alpha value is -2.04. The van der Waals surface area contributed by atoms with E-state index in [0.717, 1.165) is 0 Å². The summed E-state index contributed by atoms with van der Waals surface area (Å²) in [6.45, 7) is 4.42. The van der Waals surface area contributed by atoms with Crippen molar-refractivity contribution in [1.82, 2.24) is 14.1 Å². The fourth-order valence-electron chi connectivity index (χ4n) is 3.88. The van der Waals surface area contributed by atoms with Crippen LogP contribution in [0.1, 0.15) is 19.8 Å². The van der Waals surface area contributed by atoms with Crippen molar-refractivity contribution in [3.8, 4) is 5.75 Å². The lowest BCUT2D eigenvalue weighted by Gasteiger charge is -2.38. The quantitative estimate of drug-likeness (QED) is 0.649. The molecule has 1 aromatic carbocycles. The summed E-state index contributed by atoms with van der Waals surface area (Å²) in [5, 5.41) is 0.232. The van der Waals surface area contributed by atoms with Crippen LogP contribution in [0.4, 0.5) is 4.79 Å². The molecule has 0 spiro atoms. The second-order valence-electron chi connectivity index (χ2n) is 7.49. The summed E-state index contributed by atoms with van der Waals surface area (Å²) in [6, 6.07) is 4.39. The molecule has 2 aliphatic rings. The SMILES string of the molecule is CCOC(=O)N1CCN(C(=O)C2CCN(S(=O)(=O)c3ccc(OC)c(Cl)c3)CC2)CC1. The molecule has 0 radical (unpaired) electrons. The van der Waals surface area contributed by atoms with Crippen molar-refractivity contribution < 1.29 is 27.5 Å².